The van der Waals surface area contributed by atoms with Gasteiger partial charge in [-0.25, -0.2) is 4.79 Å². The number of pyridine rings is 1. The molecule has 2 amide bonds. The third-order valence-electron chi connectivity index (χ3n) is 3.19. The van der Waals surface area contributed by atoms with Gasteiger partial charge in [0.15, 0.2) is 5.82 Å². The second-order valence-corrected chi connectivity index (χ2v) is 6.00. The Morgan fingerprint density at radius 3 is 3.00 bits per heavy atom. The summed E-state index contributed by atoms with van der Waals surface area (Å²) in [5, 5.41) is 11.9. The molecular weight excluding hydrogens is 310 g/mol. The molecule has 0 aromatic carbocycles. The zero-order valence-electron chi connectivity index (χ0n) is 12.5. The van der Waals surface area contributed by atoms with Crippen molar-refractivity contribution in [3.63, 3.8) is 0 Å². The average molecular weight is 327 g/mol. The molecular formula is C16H17N5OS. The zero-order chi connectivity index (χ0) is 15.9. The van der Waals surface area contributed by atoms with E-state index in [-0.39, 0.29) is 6.03 Å². The van der Waals surface area contributed by atoms with Gasteiger partial charge < -0.3 is 5.32 Å². The van der Waals surface area contributed by atoms with Crippen LogP contribution in [-0.4, -0.2) is 27.3 Å². The van der Waals surface area contributed by atoms with Crippen LogP contribution in [0.15, 0.2) is 54.3 Å². The van der Waals surface area contributed by atoms with Crippen molar-refractivity contribution in [3.8, 4) is 0 Å². The lowest BCUT2D eigenvalue weighted by molar-refractivity contribution is 0.252. The lowest BCUT2D eigenvalue weighted by Gasteiger charge is -2.05. The van der Waals surface area contributed by atoms with Gasteiger partial charge in [-0.3, -0.25) is 15.0 Å². The van der Waals surface area contributed by atoms with Crippen LogP contribution >= 0.6 is 11.3 Å². The molecule has 0 atom stereocenters. The Bertz CT molecular complexity index is 739. The Hall–Kier alpha value is -2.67. The van der Waals surface area contributed by atoms with Gasteiger partial charge in [0, 0.05) is 36.1 Å². The molecule has 6 nitrogen and oxygen atoms in total. The molecule has 3 rings (SSSR count). The highest BCUT2D eigenvalue weighted by molar-refractivity contribution is 7.09. The smallest absolute Gasteiger partial charge is 0.320 e. The van der Waals surface area contributed by atoms with Gasteiger partial charge in [0.1, 0.15) is 0 Å². The maximum Gasteiger partial charge on any atom is 0.320 e. The van der Waals surface area contributed by atoms with Crippen LogP contribution in [0.4, 0.5) is 10.6 Å². The molecule has 0 fully saturated rings. The monoisotopic (exact) mass is 327 g/mol. The van der Waals surface area contributed by atoms with Crippen LogP contribution in [0.2, 0.25) is 0 Å². The van der Waals surface area contributed by atoms with Crippen molar-refractivity contribution in [2.24, 2.45) is 0 Å². The van der Waals surface area contributed by atoms with Crippen molar-refractivity contribution in [2.75, 3.05) is 11.9 Å². The number of urea groups is 1. The van der Waals surface area contributed by atoms with Gasteiger partial charge in [0.25, 0.3) is 0 Å². The Morgan fingerprint density at radius 1 is 1.26 bits per heavy atom. The molecule has 2 N–H and O–H groups in total. The standard InChI is InChI=1S/C16H17N5OS/c22-16(18-8-5-14-4-2-10-23-14)19-15-6-9-21(20-15)12-13-3-1-7-17-11-13/h1-4,6-7,9-11H,5,8,12H2,(H2,18,19,20,22). The van der Waals surface area contributed by atoms with E-state index in [0.717, 1.165) is 12.0 Å². The quantitative estimate of drug-likeness (QED) is 0.731. The molecule has 0 aliphatic rings. The van der Waals surface area contributed by atoms with Crippen LogP contribution in [0.25, 0.3) is 0 Å². The summed E-state index contributed by atoms with van der Waals surface area (Å²) in [4.78, 5) is 17.2. The fourth-order valence-electron chi connectivity index (χ4n) is 2.11. The van der Waals surface area contributed by atoms with E-state index in [4.69, 9.17) is 0 Å². The molecule has 0 saturated heterocycles. The first-order chi connectivity index (χ1) is 11.3. The summed E-state index contributed by atoms with van der Waals surface area (Å²) in [6.07, 6.45) is 6.20. The Labute approximate surface area is 138 Å². The third-order valence-corrected chi connectivity index (χ3v) is 4.12. The number of rotatable bonds is 6. The summed E-state index contributed by atoms with van der Waals surface area (Å²) < 4.78 is 1.76. The number of anilines is 1. The number of hydrogen-bond donors (Lipinski definition) is 2. The molecule has 7 heteroatoms. The Balaban J connectivity index is 1.45. The van der Waals surface area contributed by atoms with Gasteiger partial charge in [-0.05, 0) is 29.5 Å². The van der Waals surface area contributed by atoms with Crippen molar-refractivity contribution in [3.05, 3.63) is 64.7 Å². The second kappa shape index (κ2) is 7.55. The number of carbonyl (C=O) groups is 1. The molecule has 3 aromatic rings. The molecule has 118 valence electrons. The Morgan fingerprint density at radius 2 is 2.22 bits per heavy atom. The van der Waals surface area contributed by atoms with Crippen molar-refractivity contribution < 1.29 is 4.79 Å². The van der Waals surface area contributed by atoms with Crippen LogP contribution in [0.5, 0.6) is 0 Å². The fourth-order valence-corrected chi connectivity index (χ4v) is 2.82. The van der Waals surface area contributed by atoms with Crippen molar-refractivity contribution in [2.45, 2.75) is 13.0 Å². The van der Waals surface area contributed by atoms with Gasteiger partial charge in [-0.15, -0.1) is 11.3 Å². The van der Waals surface area contributed by atoms with Crippen LogP contribution < -0.4 is 10.6 Å². The van der Waals surface area contributed by atoms with Crippen LogP contribution in [0.3, 0.4) is 0 Å². The first kappa shape index (κ1) is 15.2. The summed E-state index contributed by atoms with van der Waals surface area (Å²) in [6.45, 7) is 1.22. The summed E-state index contributed by atoms with van der Waals surface area (Å²) in [7, 11) is 0. The molecule has 0 radical (unpaired) electrons. The van der Waals surface area contributed by atoms with E-state index in [1.54, 1.807) is 34.5 Å². The maximum atomic E-state index is 11.8. The van der Waals surface area contributed by atoms with Gasteiger partial charge >= 0.3 is 6.03 Å². The van der Waals surface area contributed by atoms with E-state index in [1.807, 2.05) is 29.8 Å². The maximum absolute atomic E-state index is 11.8. The van der Waals surface area contributed by atoms with Crippen molar-refractivity contribution >= 4 is 23.2 Å². The van der Waals surface area contributed by atoms with E-state index < -0.39 is 0 Å². The van der Waals surface area contributed by atoms with E-state index in [1.165, 1.54) is 4.88 Å². The molecule has 3 heterocycles. The van der Waals surface area contributed by atoms with Crippen molar-refractivity contribution in [1.82, 2.24) is 20.1 Å². The molecule has 3 aromatic heterocycles. The van der Waals surface area contributed by atoms with Crippen LogP contribution in [0, 0.1) is 0 Å². The van der Waals surface area contributed by atoms with E-state index in [0.29, 0.717) is 18.9 Å². The minimum atomic E-state index is -0.242. The van der Waals surface area contributed by atoms with Gasteiger partial charge in [0.05, 0.1) is 6.54 Å². The number of aromatic nitrogens is 3. The summed E-state index contributed by atoms with van der Waals surface area (Å²) in [5.41, 5.74) is 1.06. The SMILES string of the molecule is O=C(NCCc1cccs1)Nc1ccn(Cc2cccnc2)n1. The lowest BCUT2D eigenvalue weighted by Crippen LogP contribution is -2.30. The fraction of sp³-hybridized carbons (Fsp3) is 0.188. The topological polar surface area (TPSA) is 71.8 Å². The summed E-state index contributed by atoms with van der Waals surface area (Å²) in [5.74, 6) is 0.530. The highest BCUT2D eigenvalue weighted by Crippen LogP contribution is 2.08. The molecule has 0 aliphatic heterocycles. The zero-order valence-corrected chi connectivity index (χ0v) is 13.3. The van der Waals surface area contributed by atoms with E-state index in [9.17, 15) is 4.79 Å². The average Bonchev–Trinajstić information content (AvgIpc) is 3.21. The number of amides is 2. The van der Waals surface area contributed by atoms with Gasteiger partial charge in [0.2, 0.25) is 0 Å². The number of nitrogens with one attached hydrogen (secondary N) is 2. The van der Waals surface area contributed by atoms with Gasteiger partial charge in [-0.2, -0.15) is 5.10 Å². The van der Waals surface area contributed by atoms with E-state index in [2.05, 4.69) is 26.8 Å². The van der Waals surface area contributed by atoms with Crippen molar-refractivity contribution in [1.29, 1.82) is 0 Å². The summed E-state index contributed by atoms with van der Waals surface area (Å²) >= 11 is 1.69. The Kier molecular flexibility index (Phi) is 5.00. The molecule has 23 heavy (non-hydrogen) atoms. The first-order valence-electron chi connectivity index (χ1n) is 7.29. The normalized spacial score (nSPS) is 10.4. The third kappa shape index (κ3) is 4.65. The predicted octanol–water partition coefficient (Wildman–Crippen LogP) is 2.75. The number of thiophene rings is 1. The largest absolute Gasteiger partial charge is 0.337 e. The molecule has 0 unspecified atom stereocenters. The molecule has 0 spiro atoms. The number of nitrogens with zero attached hydrogens (tertiary/aromatic N) is 3. The van der Waals surface area contributed by atoms with Gasteiger partial charge in [-0.1, -0.05) is 12.1 Å². The second-order valence-electron chi connectivity index (χ2n) is 4.97. The minimum Gasteiger partial charge on any atom is -0.337 e. The first-order valence-corrected chi connectivity index (χ1v) is 8.17. The van der Waals surface area contributed by atoms with Crippen LogP contribution in [-0.2, 0) is 13.0 Å². The summed E-state index contributed by atoms with van der Waals surface area (Å²) in [6, 6.07) is 9.47. The highest BCUT2D eigenvalue weighted by Gasteiger charge is 2.05. The molecule has 0 aliphatic carbocycles. The highest BCUT2D eigenvalue weighted by atomic mass is 32.1. The number of hydrogen-bond acceptors (Lipinski definition) is 4. The number of carbonyl (C=O) groups excluding carboxylic acids is 1. The molecule has 0 bridgehead atoms. The minimum absolute atomic E-state index is 0.242. The lowest BCUT2D eigenvalue weighted by atomic mass is 10.3. The van der Waals surface area contributed by atoms with E-state index >= 15 is 0 Å². The molecule has 0 saturated carbocycles. The van der Waals surface area contributed by atoms with Crippen LogP contribution in [0.1, 0.15) is 10.4 Å². The predicted molar refractivity (Wildman–Crippen MR) is 90.6 cm³/mol.